The summed E-state index contributed by atoms with van der Waals surface area (Å²) in [7, 11) is 4.59. The fourth-order valence-electron chi connectivity index (χ4n) is 3.67. The molecule has 0 bridgehead atoms. The molecule has 0 unspecified atom stereocenters. The van der Waals surface area contributed by atoms with Crippen molar-refractivity contribution in [2.45, 2.75) is 32.0 Å². The first-order valence-corrected chi connectivity index (χ1v) is 10.3. The molecule has 3 rings (SSSR count). The van der Waals surface area contributed by atoms with Crippen LogP contribution >= 0.6 is 23.2 Å². The fourth-order valence-corrected chi connectivity index (χ4v) is 3.97. The second-order valence-corrected chi connectivity index (χ2v) is 8.72. The monoisotopic (exact) mass is 456 g/mol. The summed E-state index contributed by atoms with van der Waals surface area (Å²) in [6.07, 6.45) is 2.23. The van der Waals surface area contributed by atoms with E-state index in [9.17, 15) is 4.79 Å². The molecule has 29 heavy (non-hydrogen) atoms. The highest BCUT2D eigenvalue weighted by atomic mass is 35.5. The molecule has 1 aliphatic heterocycles. The second-order valence-electron chi connectivity index (χ2n) is 7.91. The smallest absolute Gasteiger partial charge is 0.251 e. The Morgan fingerprint density at radius 1 is 1.03 bits per heavy atom. The standard InChI is InChI=1S/C22H26Cl2N2O2.ClH/c1-26(2,19-9-11-28-12-10-19)15-17-5-3-16(4-6-17)14-25-22(27)18-7-8-20(23)21(24)13-18;/h3-8,13,19H,9-12,14-15H2,1-2H3;1H. The molecule has 0 radical (unpaired) electrons. The van der Waals surface area contributed by atoms with Crippen molar-refractivity contribution in [2.75, 3.05) is 27.3 Å². The van der Waals surface area contributed by atoms with Crippen molar-refractivity contribution in [3.05, 3.63) is 69.2 Å². The molecular weight excluding hydrogens is 431 g/mol. The molecule has 0 spiro atoms. The average molecular weight is 458 g/mol. The quantitative estimate of drug-likeness (QED) is 0.670. The minimum absolute atomic E-state index is 0. The second kappa shape index (κ2) is 10.6. The summed E-state index contributed by atoms with van der Waals surface area (Å²) in [4.78, 5) is 12.3. The van der Waals surface area contributed by atoms with Crippen molar-refractivity contribution >= 4 is 29.1 Å². The topological polar surface area (TPSA) is 38.3 Å². The maximum Gasteiger partial charge on any atom is 0.251 e. The van der Waals surface area contributed by atoms with Crippen molar-refractivity contribution in [3.8, 4) is 0 Å². The van der Waals surface area contributed by atoms with Gasteiger partial charge in [0.2, 0.25) is 0 Å². The molecule has 2 aromatic carbocycles. The SMILES string of the molecule is C[N+](C)(Cc1ccc(CNC(=O)c2ccc(Cl)c(Cl)c2)cc1)C1CCOCC1.[Cl-]. The summed E-state index contributed by atoms with van der Waals surface area (Å²) < 4.78 is 6.46. The highest BCUT2D eigenvalue weighted by Crippen LogP contribution is 2.23. The van der Waals surface area contributed by atoms with Gasteiger partial charge in [0.25, 0.3) is 5.91 Å². The fraction of sp³-hybridized carbons (Fsp3) is 0.409. The molecule has 1 aliphatic rings. The number of quaternary nitrogens is 1. The molecule has 0 atom stereocenters. The Hall–Kier alpha value is -1.30. The number of benzene rings is 2. The largest absolute Gasteiger partial charge is 1.00 e. The van der Waals surface area contributed by atoms with Gasteiger partial charge >= 0.3 is 0 Å². The van der Waals surface area contributed by atoms with Crippen LogP contribution in [0.15, 0.2) is 42.5 Å². The maximum absolute atomic E-state index is 12.3. The van der Waals surface area contributed by atoms with E-state index in [1.54, 1.807) is 18.2 Å². The number of halogens is 3. The molecule has 2 aromatic rings. The van der Waals surface area contributed by atoms with E-state index < -0.39 is 0 Å². The highest BCUT2D eigenvalue weighted by molar-refractivity contribution is 6.42. The normalized spacial score (nSPS) is 14.9. The van der Waals surface area contributed by atoms with Crippen molar-refractivity contribution in [2.24, 2.45) is 0 Å². The van der Waals surface area contributed by atoms with Gasteiger partial charge in [0.1, 0.15) is 6.54 Å². The van der Waals surface area contributed by atoms with Gasteiger partial charge in [-0.1, -0.05) is 47.5 Å². The van der Waals surface area contributed by atoms with Crippen LogP contribution in [0.4, 0.5) is 0 Å². The summed E-state index contributed by atoms with van der Waals surface area (Å²) >= 11 is 11.9. The van der Waals surface area contributed by atoms with E-state index in [0.717, 1.165) is 42.6 Å². The van der Waals surface area contributed by atoms with Crippen LogP contribution in [-0.4, -0.2) is 43.7 Å². The van der Waals surface area contributed by atoms with Gasteiger partial charge in [-0.3, -0.25) is 4.79 Å². The number of rotatable bonds is 6. The van der Waals surface area contributed by atoms with Crippen LogP contribution in [-0.2, 0) is 17.8 Å². The van der Waals surface area contributed by atoms with E-state index in [0.29, 0.717) is 28.2 Å². The van der Waals surface area contributed by atoms with Gasteiger partial charge in [0.15, 0.2) is 0 Å². The summed E-state index contributed by atoms with van der Waals surface area (Å²) in [6.45, 7) is 3.19. The summed E-state index contributed by atoms with van der Waals surface area (Å²) in [5, 5.41) is 3.74. The zero-order valence-electron chi connectivity index (χ0n) is 16.8. The number of nitrogens with zero attached hydrogens (tertiary/aromatic N) is 1. The Bertz CT molecular complexity index is 819. The minimum Gasteiger partial charge on any atom is -1.00 e. The predicted octanol–water partition coefficient (Wildman–Crippen LogP) is 1.68. The average Bonchev–Trinajstić information content (AvgIpc) is 2.70. The zero-order chi connectivity index (χ0) is 20.1. The van der Waals surface area contributed by atoms with Crippen LogP contribution in [0.1, 0.15) is 34.3 Å². The molecule has 0 aromatic heterocycles. The van der Waals surface area contributed by atoms with Gasteiger partial charge in [-0.15, -0.1) is 0 Å². The van der Waals surface area contributed by atoms with E-state index in [-0.39, 0.29) is 18.3 Å². The van der Waals surface area contributed by atoms with Crippen LogP contribution < -0.4 is 17.7 Å². The number of carbonyl (C=O) groups excluding carboxylic acids is 1. The van der Waals surface area contributed by atoms with Crippen LogP contribution in [0.25, 0.3) is 0 Å². The number of hydrogen-bond donors (Lipinski definition) is 1. The van der Waals surface area contributed by atoms with E-state index >= 15 is 0 Å². The van der Waals surface area contributed by atoms with Gasteiger partial charge in [0, 0.05) is 30.5 Å². The molecule has 1 heterocycles. The van der Waals surface area contributed by atoms with Crippen molar-refractivity contribution in [1.82, 2.24) is 5.32 Å². The number of ether oxygens (including phenoxy) is 1. The molecule has 158 valence electrons. The molecule has 7 heteroatoms. The number of carbonyl (C=O) groups is 1. The third kappa shape index (κ3) is 6.59. The van der Waals surface area contributed by atoms with E-state index in [4.69, 9.17) is 27.9 Å². The van der Waals surface area contributed by atoms with Crippen LogP contribution in [0.5, 0.6) is 0 Å². The summed E-state index contributed by atoms with van der Waals surface area (Å²) in [5.41, 5.74) is 2.87. The Morgan fingerprint density at radius 2 is 1.66 bits per heavy atom. The van der Waals surface area contributed by atoms with Gasteiger partial charge in [-0.2, -0.15) is 0 Å². The minimum atomic E-state index is -0.167. The molecule has 1 amide bonds. The van der Waals surface area contributed by atoms with E-state index in [2.05, 4.69) is 43.7 Å². The molecule has 1 N–H and O–H groups in total. The lowest BCUT2D eigenvalue weighted by atomic mass is 10.0. The van der Waals surface area contributed by atoms with Gasteiger partial charge in [-0.25, -0.2) is 0 Å². The van der Waals surface area contributed by atoms with E-state index in [1.807, 2.05) is 0 Å². The van der Waals surface area contributed by atoms with Crippen LogP contribution in [0.2, 0.25) is 10.0 Å². The first-order valence-electron chi connectivity index (χ1n) is 9.56. The van der Waals surface area contributed by atoms with Gasteiger partial charge < -0.3 is 26.9 Å². The molecule has 4 nitrogen and oxygen atoms in total. The Labute approximate surface area is 189 Å². The molecular formula is C22H27Cl3N2O2. The Morgan fingerprint density at radius 3 is 2.28 bits per heavy atom. The van der Waals surface area contributed by atoms with Gasteiger partial charge in [0.05, 0.1) is 43.4 Å². The number of amides is 1. The first-order chi connectivity index (χ1) is 13.3. The lowest BCUT2D eigenvalue weighted by Gasteiger charge is -2.40. The maximum atomic E-state index is 12.3. The molecule has 0 saturated carbocycles. The lowest BCUT2D eigenvalue weighted by Crippen LogP contribution is -3.00. The van der Waals surface area contributed by atoms with Crippen molar-refractivity contribution in [3.63, 3.8) is 0 Å². The van der Waals surface area contributed by atoms with Crippen molar-refractivity contribution < 1.29 is 26.4 Å². The third-order valence-corrected chi connectivity index (χ3v) is 6.17. The number of nitrogens with one attached hydrogen (secondary N) is 1. The Kier molecular flexibility index (Phi) is 8.80. The van der Waals surface area contributed by atoms with Crippen LogP contribution in [0, 0.1) is 0 Å². The first kappa shape index (κ1) is 24.0. The third-order valence-electron chi connectivity index (χ3n) is 5.43. The lowest BCUT2D eigenvalue weighted by molar-refractivity contribution is -0.929. The molecule has 0 aliphatic carbocycles. The molecule has 1 saturated heterocycles. The summed E-state index contributed by atoms with van der Waals surface area (Å²) in [6, 6.07) is 14.0. The predicted molar refractivity (Wildman–Crippen MR) is 114 cm³/mol. The number of hydrogen-bond acceptors (Lipinski definition) is 2. The van der Waals surface area contributed by atoms with Crippen molar-refractivity contribution in [1.29, 1.82) is 0 Å². The van der Waals surface area contributed by atoms with E-state index in [1.165, 1.54) is 5.56 Å². The van der Waals surface area contributed by atoms with Crippen LogP contribution in [0.3, 0.4) is 0 Å². The molecule has 1 fully saturated rings. The highest BCUT2D eigenvalue weighted by Gasteiger charge is 2.30. The zero-order valence-corrected chi connectivity index (χ0v) is 19.0. The summed E-state index contributed by atoms with van der Waals surface area (Å²) in [5.74, 6) is -0.167. The Balaban J connectivity index is 0.00000300. The van der Waals surface area contributed by atoms with Gasteiger partial charge in [-0.05, 0) is 23.8 Å².